The van der Waals surface area contributed by atoms with Crippen molar-refractivity contribution >= 4 is 11.8 Å². The van der Waals surface area contributed by atoms with Gasteiger partial charge in [-0.3, -0.25) is 0 Å². The van der Waals surface area contributed by atoms with Crippen molar-refractivity contribution in [2.45, 2.75) is 45.5 Å². The van der Waals surface area contributed by atoms with Gasteiger partial charge in [0.1, 0.15) is 0 Å². The number of halogens is 3. The summed E-state index contributed by atoms with van der Waals surface area (Å²) in [7, 11) is 0. The van der Waals surface area contributed by atoms with E-state index in [0.29, 0.717) is 17.8 Å². The van der Waals surface area contributed by atoms with Gasteiger partial charge in [0.05, 0.1) is 5.56 Å². The molecule has 156 valence electrons. The van der Waals surface area contributed by atoms with Crippen molar-refractivity contribution in [2.75, 3.05) is 11.9 Å². The van der Waals surface area contributed by atoms with Gasteiger partial charge < -0.3 is 15.3 Å². The van der Waals surface area contributed by atoms with Crippen molar-refractivity contribution in [3.63, 3.8) is 0 Å². The topological polar surface area (TPSA) is 52.6 Å². The van der Waals surface area contributed by atoms with Crippen LogP contribution in [-0.4, -0.2) is 28.7 Å². The van der Waals surface area contributed by atoms with Crippen LogP contribution < -0.4 is 5.32 Å². The SMILES string of the molecule is CC(C)(C)C1C(c2cc(NCc3ccccc3)cc(C(F)(F)F)c2)CN1C(=O)O. The highest BCUT2D eigenvalue weighted by Gasteiger charge is 2.49. The molecule has 2 aromatic rings. The molecule has 0 bridgehead atoms. The second-order valence-corrected chi connectivity index (χ2v) is 8.53. The van der Waals surface area contributed by atoms with Crippen molar-refractivity contribution in [3.8, 4) is 0 Å². The lowest BCUT2D eigenvalue weighted by Crippen LogP contribution is -2.62. The maximum Gasteiger partial charge on any atom is 0.416 e. The van der Waals surface area contributed by atoms with E-state index >= 15 is 0 Å². The number of carbonyl (C=O) groups is 1. The van der Waals surface area contributed by atoms with Crippen LogP contribution in [0.15, 0.2) is 48.5 Å². The normalized spacial score (nSPS) is 19.6. The molecule has 1 fully saturated rings. The molecule has 1 aliphatic rings. The number of benzene rings is 2. The third kappa shape index (κ3) is 4.66. The average molecular weight is 406 g/mol. The summed E-state index contributed by atoms with van der Waals surface area (Å²) in [4.78, 5) is 12.8. The molecular formula is C22H25F3N2O2. The molecule has 7 heteroatoms. The second-order valence-electron chi connectivity index (χ2n) is 8.53. The standard InChI is InChI=1S/C22H25F3N2O2/c1-21(2,3)19-18(13-27(19)20(28)29)15-9-16(22(23,24)25)11-17(10-15)26-12-14-7-5-4-6-8-14/h4-11,18-19,26H,12-13H2,1-3H3,(H,28,29). The van der Waals surface area contributed by atoms with Gasteiger partial charge in [0, 0.05) is 30.7 Å². The molecule has 0 aromatic heterocycles. The molecule has 0 spiro atoms. The lowest BCUT2D eigenvalue weighted by molar-refractivity contribution is -0.137. The lowest BCUT2D eigenvalue weighted by atomic mass is 9.69. The zero-order valence-electron chi connectivity index (χ0n) is 16.6. The fraction of sp³-hybridized carbons (Fsp3) is 0.409. The predicted octanol–water partition coefficient (Wildman–Crippen LogP) is 5.81. The van der Waals surface area contributed by atoms with E-state index in [-0.39, 0.29) is 18.5 Å². The lowest BCUT2D eigenvalue weighted by Gasteiger charge is -2.53. The summed E-state index contributed by atoms with van der Waals surface area (Å²) in [6.07, 6.45) is -5.53. The van der Waals surface area contributed by atoms with Crippen LogP contribution in [0.2, 0.25) is 0 Å². The summed E-state index contributed by atoms with van der Waals surface area (Å²) in [5.74, 6) is -0.286. The molecule has 0 saturated carbocycles. The van der Waals surface area contributed by atoms with Crippen molar-refractivity contribution in [1.29, 1.82) is 0 Å². The minimum Gasteiger partial charge on any atom is -0.465 e. The summed E-state index contributed by atoms with van der Waals surface area (Å²) in [6, 6.07) is 13.0. The molecular weight excluding hydrogens is 381 g/mol. The zero-order chi connectivity index (χ0) is 21.4. The summed E-state index contributed by atoms with van der Waals surface area (Å²) < 4.78 is 40.5. The van der Waals surface area contributed by atoms with Gasteiger partial charge in [-0.1, -0.05) is 51.1 Å². The number of nitrogens with zero attached hydrogens (tertiary/aromatic N) is 1. The van der Waals surface area contributed by atoms with E-state index in [1.807, 2.05) is 51.1 Å². The summed E-state index contributed by atoms with van der Waals surface area (Å²) in [5.41, 5.74) is 0.715. The van der Waals surface area contributed by atoms with Crippen molar-refractivity contribution in [2.24, 2.45) is 5.41 Å². The molecule has 29 heavy (non-hydrogen) atoms. The smallest absolute Gasteiger partial charge is 0.416 e. The molecule has 0 radical (unpaired) electrons. The molecule has 1 heterocycles. The molecule has 2 aromatic carbocycles. The Labute approximate surface area is 168 Å². The van der Waals surface area contributed by atoms with Crippen molar-refractivity contribution in [3.05, 3.63) is 65.2 Å². The van der Waals surface area contributed by atoms with Gasteiger partial charge in [0.25, 0.3) is 0 Å². The van der Waals surface area contributed by atoms with Gasteiger partial charge in [-0.2, -0.15) is 13.2 Å². The first kappa shape index (κ1) is 21.0. The highest BCUT2D eigenvalue weighted by molar-refractivity contribution is 5.68. The first-order valence-corrected chi connectivity index (χ1v) is 9.46. The van der Waals surface area contributed by atoms with Crippen LogP contribution in [0, 0.1) is 5.41 Å². The van der Waals surface area contributed by atoms with Crippen LogP contribution >= 0.6 is 0 Å². The van der Waals surface area contributed by atoms with E-state index < -0.39 is 23.2 Å². The number of likely N-dealkylation sites (tertiary alicyclic amines) is 1. The maximum absolute atomic E-state index is 13.5. The predicted molar refractivity (Wildman–Crippen MR) is 106 cm³/mol. The molecule has 4 nitrogen and oxygen atoms in total. The van der Waals surface area contributed by atoms with Crippen LogP contribution in [0.3, 0.4) is 0 Å². The van der Waals surface area contributed by atoms with Gasteiger partial charge in [0.2, 0.25) is 0 Å². The Balaban J connectivity index is 1.92. The molecule has 2 N–H and O–H groups in total. The van der Waals surface area contributed by atoms with E-state index in [2.05, 4.69) is 5.32 Å². The van der Waals surface area contributed by atoms with Gasteiger partial charge in [-0.05, 0) is 34.7 Å². The zero-order valence-corrected chi connectivity index (χ0v) is 16.6. The number of amides is 1. The number of hydrogen-bond donors (Lipinski definition) is 2. The fourth-order valence-corrected chi connectivity index (χ4v) is 3.99. The Hall–Kier alpha value is -2.70. The van der Waals surface area contributed by atoms with Crippen molar-refractivity contribution < 1.29 is 23.1 Å². The Kier molecular flexibility index (Phi) is 5.52. The summed E-state index contributed by atoms with van der Waals surface area (Å²) in [6.45, 7) is 6.30. The molecule has 2 unspecified atom stereocenters. The highest BCUT2D eigenvalue weighted by Crippen LogP contribution is 2.45. The van der Waals surface area contributed by atoms with E-state index in [0.717, 1.165) is 17.7 Å². The fourth-order valence-electron chi connectivity index (χ4n) is 3.99. The monoisotopic (exact) mass is 406 g/mol. The number of anilines is 1. The number of alkyl halides is 3. The molecule has 1 saturated heterocycles. The molecule has 1 amide bonds. The summed E-state index contributed by atoms with van der Waals surface area (Å²) >= 11 is 0. The molecule has 0 aliphatic carbocycles. The third-order valence-electron chi connectivity index (χ3n) is 5.29. The number of carboxylic acid groups (broad SMARTS) is 1. The van der Waals surface area contributed by atoms with Crippen LogP contribution in [0.1, 0.15) is 43.4 Å². The first-order valence-electron chi connectivity index (χ1n) is 9.46. The van der Waals surface area contributed by atoms with E-state index in [1.165, 1.54) is 4.90 Å². The van der Waals surface area contributed by atoms with Gasteiger partial charge in [-0.25, -0.2) is 4.79 Å². The minimum absolute atomic E-state index is 0.191. The van der Waals surface area contributed by atoms with Crippen LogP contribution in [0.5, 0.6) is 0 Å². The quantitative estimate of drug-likeness (QED) is 0.674. The molecule has 1 aliphatic heterocycles. The number of nitrogens with one attached hydrogen (secondary N) is 1. The Morgan fingerprint density at radius 1 is 1.14 bits per heavy atom. The molecule has 3 rings (SSSR count). The van der Waals surface area contributed by atoms with E-state index in [9.17, 15) is 23.1 Å². The average Bonchev–Trinajstić information content (AvgIpc) is 2.57. The second kappa shape index (κ2) is 7.61. The minimum atomic E-state index is -4.48. The largest absolute Gasteiger partial charge is 0.465 e. The molecule has 2 atom stereocenters. The summed E-state index contributed by atoms with van der Waals surface area (Å²) in [5, 5.41) is 12.5. The van der Waals surface area contributed by atoms with E-state index in [4.69, 9.17) is 0 Å². The Morgan fingerprint density at radius 2 is 1.79 bits per heavy atom. The first-order chi connectivity index (χ1) is 13.5. The van der Waals surface area contributed by atoms with Crippen molar-refractivity contribution in [1.82, 2.24) is 4.90 Å². The van der Waals surface area contributed by atoms with Gasteiger partial charge in [-0.15, -0.1) is 0 Å². The van der Waals surface area contributed by atoms with E-state index in [1.54, 1.807) is 6.07 Å². The van der Waals surface area contributed by atoms with Crippen LogP contribution in [0.4, 0.5) is 23.7 Å². The Morgan fingerprint density at radius 3 is 2.34 bits per heavy atom. The maximum atomic E-state index is 13.5. The highest BCUT2D eigenvalue weighted by atomic mass is 19.4. The van der Waals surface area contributed by atoms with Gasteiger partial charge >= 0.3 is 12.3 Å². The third-order valence-corrected chi connectivity index (χ3v) is 5.29. The van der Waals surface area contributed by atoms with Crippen LogP contribution in [-0.2, 0) is 12.7 Å². The Bertz CT molecular complexity index is 876. The number of hydrogen-bond acceptors (Lipinski definition) is 2. The van der Waals surface area contributed by atoms with Crippen LogP contribution in [0.25, 0.3) is 0 Å². The van der Waals surface area contributed by atoms with Gasteiger partial charge in [0.15, 0.2) is 0 Å². The number of rotatable bonds is 4.